The van der Waals surface area contributed by atoms with Crippen molar-refractivity contribution in [2.45, 2.75) is 96.0 Å². The van der Waals surface area contributed by atoms with Gasteiger partial charge in [-0.05, 0) is 38.5 Å². The van der Waals surface area contributed by atoms with Gasteiger partial charge >= 0.3 is 5.97 Å². The molecule has 0 amide bonds. The fourth-order valence-corrected chi connectivity index (χ4v) is 3.19. The van der Waals surface area contributed by atoms with Crippen molar-refractivity contribution in [1.82, 2.24) is 0 Å². The molecule has 1 fully saturated rings. The van der Waals surface area contributed by atoms with Crippen LogP contribution >= 0.6 is 0 Å². The Morgan fingerprint density at radius 1 is 1.00 bits per heavy atom. The second kappa shape index (κ2) is 13.6. The number of unbranched alkanes of at least 4 members (excludes halogenated alkanes) is 5. The first kappa shape index (κ1) is 21.4. The molecule has 0 aromatic carbocycles. The zero-order valence-corrected chi connectivity index (χ0v) is 15.2. The Labute approximate surface area is 150 Å². The molecule has 1 saturated carbocycles. The van der Waals surface area contributed by atoms with Crippen LogP contribution in [-0.2, 0) is 9.53 Å². The Morgan fingerprint density at radius 3 is 2.16 bits per heavy atom. The first-order valence-electron chi connectivity index (χ1n) is 9.67. The van der Waals surface area contributed by atoms with E-state index in [2.05, 4.69) is 5.16 Å². The molecule has 1 N–H and O–H groups in total. The fourth-order valence-electron chi connectivity index (χ4n) is 3.19. The van der Waals surface area contributed by atoms with Gasteiger partial charge in [-0.2, -0.15) is 0 Å². The molecule has 0 radical (unpaired) electrons. The summed E-state index contributed by atoms with van der Waals surface area (Å²) < 4.78 is 5.52. The van der Waals surface area contributed by atoms with Crippen molar-refractivity contribution in [1.29, 1.82) is 0 Å². The van der Waals surface area contributed by atoms with Gasteiger partial charge in [-0.15, -0.1) is 0 Å². The van der Waals surface area contributed by atoms with Crippen molar-refractivity contribution in [3.05, 3.63) is 10.1 Å². The Kier molecular flexibility index (Phi) is 11.6. The molecule has 144 valence electrons. The molecule has 0 saturated heterocycles. The normalized spacial score (nSPS) is 16.9. The van der Waals surface area contributed by atoms with Crippen LogP contribution in [0.15, 0.2) is 5.16 Å². The number of rotatable bonds is 11. The molecule has 7 heteroatoms. The van der Waals surface area contributed by atoms with Crippen LogP contribution in [-0.4, -0.2) is 34.5 Å². The molecule has 7 nitrogen and oxygen atoms in total. The van der Waals surface area contributed by atoms with Crippen molar-refractivity contribution in [3.8, 4) is 0 Å². The monoisotopic (exact) mass is 356 g/mol. The maximum atomic E-state index is 12.1. The molecule has 0 aromatic rings. The quantitative estimate of drug-likeness (QED) is 0.147. The number of hydrogen-bond acceptors (Lipinski definition) is 6. The van der Waals surface area contributed by atoms with Gasteiger partial charge in [0.25, 0.3) is 0 Å². The molecular formula is C18H32N2O5. The summed E-state index contributed by atoms with van der Waals surface area (Å²) in [6, 6.07) is 0. The number of nitro groups is 1. The van der Waals surface area contributed by atoms with E-state index >= 15 is 0 Å². The summed E-state index contributed by atoms with van der Waals surface area (Å²) in [4.78, 5) is 22.1. The van der Waals surface area contributed by atoms with Crippen LogP contribution in [0.4, 0.5) is 0 Å². The summed E-state index contributed by atoms with van der Waals surface area (Å²) >= 11 is 0. The van der Waals surface area contributed by atoms with Crippen molar-refractivity contribution in [3.63, 3.8) is 0 Å². The van der Waals surface area contributed by atoms with Crippen molar-refractivity contribution in [2.75, 3.05) is 6.54 Å². The Morgan fingerprint density at radius 2 is 1.56 bits per heavy atom. The second-order valence-electron chi connectivity index (χ2n) is 6.85. The standard InChI is InChI=1S/C18H32N2O5/c21-18(25-16-12-8-4-3-5-9-13-16)17(19-22)14-10-6-1-2-7-11-15-20(23)24/h16,22H,1-15H2. The summed E-state index contributed by atoms with van der Waals surface area (Å²) in [5.74, 6) is -0.487. The molecule has 0 spiro atoms. The average Bonchev–Trinajstić information content (AvgIpc) is 2.55. The first-order chi connectivity index (χ1) is 12.1. The molecule has 25 heavy (non-hydrogen) atoms. The minimum Gasteiger partial charge on any atom is -0.458 e. The molecule has 0 heterocycles. The van der Waals surface area contributed by atoms with Crippen molar-refractivity contribution in [2.24, 2.45) is 5.16 Å². The van der Waals surface area contributed by atoms with Crippen LogP contribution in [0.5, 0.6) is 0 Å². The SMILES string of the molecule is O=C(OC1CCCCCCC1)C(CCCCCCCC[N+](=O)[O-])=NO. The Balaban J connectivity index is 2.15. The van der Waals surface area contributed by atoms with E-state index < -0.39 is 5.97 Å². The number of hydrogen-bond donors (Lipinski definition) is 1. The van der Waals surface area contributed by atoms with Gasteiger partial charge in [-0.25, -0.2) is 4.79 Å². The molecule has 0 aliphatic heterocycles. The highest BCUT2D eigenvalue weighted by molar-refractivity contribution is 6.36. The number of nitrogens with zero attached hydrogens (tertiary/aromatic N) is 2. The lowest BCUT2D eigenvalue weighted by molar-refractivity contribution is -0.480. The molecule has 1 rings (SSSR count). The molecule has 0 aromatic heterocycles. The predicted molar refractivity (Wildman–Crippen MR) is 95.6 cm³/mol. The lowest BCUT2D eigenvalue weighted by atomic mass is 9.98. The average molecular weight is 356 g/mol. The first-order valence-corrected chi connectivity index (χ1v) is 9.67. The Bertz CT molecular complexity index is 418. The fraction of sp³-hybridized carbons (Fsp3) is 0.889. The van der Waals surface area contributed by atoms with E-state index in [9.17, 15) is 14.9 Å². The maximum absolute atomic E-state index is 12.1. The largest absolute Gasteiger partial charge is 0.458 e. The maximum Gasteiger partial charge on any atom is 0.356 e. The number of carbonyl (C=O) groups is 1. The minimum atomic E-state index is -0.487. The van der Waals surface area contributed by atoms with E-state index in [1.165, 1.54) is 19.3 Å². The molecule has 1 aliphatic rings. The van der Waals surface area contributed by atoms with Gasteiger partial charge in [0.15, 0.2) is 5.71 Å². The summed E-state index contributed by atoms with van der Waals surface area (Å²) in [5, 5.41) is 22.4. The lowest BCUT2D eigenvalue weighted by Crippen LogP contribution is -2.25. The lowest BCUT2D eigenvalue weighted by Gasteiger charge is -2.20. The van der Waals surface area contributed by atoms with Gasteiger partial charge in [0.1, 0.15) is 6.10 Å². The summed E-state index contributed by atoms with van der Waals surface area (Å²) in [6.07, 6.45) is 13.0. The number of oxime groups is 1. The van der Waals surface area contributed by atoms with Gasteiger partial charge in [0, 0.05) is 17.8 Å². The van der Waals surface area contributed by atoms with Crippen LogP contribution in [0.25, 0.3) is 0 Å². The van der Waals surface area contributed by atoms with Crippen LogP contribution in [0.2, 0.25) is 0 Å². The molecular weight excluding hydrogens is 324 g/mol. The molecule has 0 unspecified atom stereocenters. The van der Waals surface area contributed by atoms with Gasteiger partial charge < -0.3 is 9.94 Å². The van der Waals surface area contributed by atoms with Crippen LogP contribution < -0.4 is 0 Å². The van der Waals surface area contributed by atoms with Gasteiger partial charge in [-0.3, -0.25) is 10.1 Å². The van der Waals surface area contributed by atoms with E-state index in [1.807, 2.05) is 0 Å². The van der Waals surface area contributed by atoms with Crippen LogP contribution in [0.3, 0.4) is 0 Å². The van der Waals surface area contributed by atoms with E-state index in [0.29, 0.717) is 12.8 Å². The third kappa shape index (κ3) is 10.7. The van der Waals surface area contributed by atoms with E-state index in [0.717, 1.165) is 57.8 Å². The van der Waals surface area contributed by atoms with Crippen LogP contribution in [0.1, 0.15) is 89.9 Å². The minimum absolute atomic E-state index is 0.0360. The number of ether oxygens (including phenoxy) is 1. The molecule has 0 atom stereocenters. The zero-order valence-electron chi connectivity index (χ0n) is 15.2. The van der Waals surface area contributed by atoms with E-state index in [-0.39, 0.29) is 23.3 Å². The zero-order chi connectivity index (χ0) is 18.3. The highest BCUT2D eigenvalue weighted by Crippen LogP contribution is 2.20. The number of esters is 1. The second-order valence-corrected chi connectivity index (χ2v) is 6.85. The van der Waals surface area contributed by atoms with Gasteiger partial charge in [-0.1, -0.05) is 43.7 Å². The van der Waals surface area contributed by atoms with Crippen molar-refractivity contribution >= 4 is 11.7 Å². The smallest absolute Gasteiger partial charge is 0.356 e. The number of carbonyl (C=O) groups excluding carboxylic acids is 1. The highest BCUT2D eigenvalue weighted by atomic mass is 16.6. The van der Waals surface area contributed by atoms with E-state index in [1.54, 1.807) is 0 Å². The molecule has 1 aliphatic carbocycles. The van der Waals surface area contributed by atoms with Crippen LogP contribution in [0, 0.1) is 10.1 Å². The Hall–Kier alpha value is -1.66. The third-order valence-electron chi connectivity index (χ3n) is 4.69. The molecule has 0 bridgehead atoms. The summed E-state index contributed by atoms with van der Waals surface area (Å²) in [5.41, 5.74) is 0.107. The topological polar surface area (TPSA) is 102 Å². The summed E-state index contributed by atoms with van der Waals surface area (Å²) in [7, 11) is 0. The predicted octanol–water partition coefficient (Wildman–Crippen LogP) is 4.48. The highest BCUT2D eigenvalue weighted by Gasteiger charge is 2.20. The van der Waals surface area contributed by atoms with Gasteiger partial charge in [0.05, 0.1) is 0 Å². The van der Waals surface area contributed by atoms with Gasteiger partial charge in [0.2, 0.25) is 6.54 Å². The third-order valence-corrected chi connectivity index (χ3v) is 4.69. The van der Waals surface area contributed by atoms with Crippen molar-refractivity contribution < 1.29 is 19.7 Å². The summed E-state index contributed by atoms with van der Waals surface area (Å²) in [6.45, 7) is 0.0360. The van der Waals surface area contributed by atoms with E-state index in [4.69, 9.17) is 9.94 Å².